The van der Waals surface area contributed by atoms with Crippen LogP contribution in [0.1, 0.15) is 0 Å². The molecule has 0 aliphatic carbocycles. The summed E-state index contributed by atoms with van der Waals surface area (Å²) in [5.41, 5.74) is 4.87. The molecular weight excluding hydrogens is 168 g/mol. The lowest BCUT2D eigenvalue weighted by molar-refractivity contribution is 0.341. The average Bonchev–Trinajstić information content (AvgIpc) is 2.02. The summed E-state index contributed by atoms with van der Waals surface area (Å²) < 4.78 is 29.7. The van der Waals surface area contributed by atoms with Crippen molar-refractivity contribution >= 4 is 5.69 Å². The fraction of sp³-hybridized carbons (Fsp3) is 0.143. The number of phenols is 1. The quantitative estimate of drug-likeness (QED) is 0.499. The molecule has 0 saturated heterocycles. The molecule has 3 nitrogen and oxygen atoms in total. The smallest absolute Gasteiger partial charge is 0.204 e. The fourth-order valence-electron chi connectivity index (χ4n) is 0.798. The van der Waals surface area contributed by atoms with E-state index in [9.17, 15) is 8.78 Å². The predicted molar refractivity (Wildman–Crippen MR) is 39.0 cm³/mol. The minimum Gasteiger partial charge on any atom is -0.503 e. The standard InChI is InChI=1S/C7H7F2NO2/c1-12-7-5(9)3(8)2-4(10)6(7)11/h2,11H,10H2,1H3. The number of anilines is 1. The number of nitrogen functional groups attached to an aromatic ring is 1. The van der Waals surface area contributed by atoms with Crippen molar-refractivity contribution in [2.45, 2.75) is 0 Å². The first-order valence-corrected chi connectivity index (χ1v) is 3.08. The summed E-state index contributed by atoms with van der Waals surface area (Å²) >= 11 is 0. The van der Waals surface area contributed by atoms with E-state index in [1.807, 2.05) is 0 Å². The molecule has 0 aliphatic rings. The lowest BCUT2D eigenvalue weighted by Gasteiger charge is -2.06. The molecule has 1 aromatic rings. The van der Waals surface area contributed by atoms with Gasteiger partial charge in [-0.25, -0.2) is 4.39 Å². The molecule has 3 N–H and O–H groups in total. The Labute approximate surface area is 67.4 Å². The zero-order valence-electron chi connectivity index (χ0n) is 6.27. The van der Waals surface area contributed by atoms with E-state index < -0.39 is 23.1 Å². The van der Waals surface area contributed by atoms with Gasteiger partial charge in [0.1, 0.15) is 0 Å². The van der Waals surface area contributed by atoms with Crippen LogP contribution in [0.3, 0.4) is 0 Å². The van der Waals surface area contributed by atoms with Crippen LogP contribution in [0.15, 0.2) is 6.07 Å². The van der Waals surface area contributed by atoms with Crippen molar-refractivity contribution in [2.24, 2.45) is 0 Å². The Hall–Kier alpha value is -1.52. The third-order valence-corrected chi connectivity index (χ3v) is 1.38. The monoisotopic (exact) mass is 175 g/mol. The molecule has 0 saturated carbocycles. The molecule has 0 radical (unpaired) electrons. The lowest BCUT2D eigenvalue weighted by atomic mass is 10.2. The highest BCUT2D eigenvalue weighted by Crippen LogP contribution is 2.35. The fourth-order valence-corrected chi connectivity index (χ4v) is 0.798. The minimum atomic E-state index is -1.25. The number of hydrogen-bond acceptors (Lipinski definition) is 3. The zero-order valence-corrected chi connectivity index (χ0v) is 6.27. The van der Waals surface area contributed by atoms with Gasteiger partial charge in [0.15, 0.2) is 11.6 Å². The largest absolute Gasteiger partial charge is 0.503 e. The molecule has 1 rings (SSSR count). The maximum absolute atomic E-state index is 12.7. The summed E-state index contributed by atoms with van der Waals surface area (Å²) in [6, 6.07) is 0.688. The van der Waals surface area contributed by atoms with E-state index in [0.717, 1.165) is 7.11 Å². The van der Waals surface area contributed by atoms with Gasteiger partial charge in [0, 0.05) is 6.07 Å². The molecule has 66 valence electrons. The molecule has 0 fully saturated rings. The van der Waals surface area contributed by atoms with E-state index in [1.54, 1.807) is 0 Å². The third kappa shape index (κ3) is 1.13. The second-order valence-corrected chi connectivity index (χ2v) is 2.14. The topological polar surface area (TPSA) is 55.5 Å². The van der Waals surface area contributed by atoms with Gasteiger partial charge in [-0.2, -0.15) is 4.39 Å². The predicted octanol–water partition coefficient (Wildman–Crippen LogP) is 1.26. The molecule has 1 aromatic carbocycles. The first-order chi connectivity index (χ1) is 5.57. The molecule has 5 heteroatoms. The van der Waals surface area contributed by atoms with Crippen LogP contribution in [0.5, 0.6) is 11.5 Å². The van der Waals surface area contributed by atoms with Crippen LogP contribution in [0.4, 0.5) is 14.5 Å². The summed E-state index contributed by atoms with van der Waals surface area (Å²) in [5, 5.41) is 9.05. The minimum absolute atomic E-state index is 0.259. The maximum atomic E-state index is 12.7. The van der Waals surface area contributed by atoms with E-state index in [0.29, 0.717) is 6.07 Å². The second-order valence-electron chi connectivity index (χ2n) is 2.14. The number of hydrogen-bond donors (Lipinski definition) is 2. The SMILES string of the molecule is COc1c(O)c(N)cc(F)c1F. The van der Waals surface area contributed by atoms with Crippen LogP contribution in [-0.2, 0) is 0 Å². The summed E-state index contributed by atoms with van der Waals surface area (Å²) in [4.78, 5) is 0. The van der Waals surface area contributed by atoms with Gasteiger partial charge in [-0.15, -0.1) is 0 Å². The Morgan fingerprint density at radius 3 is 2.58 bits per heavy atom. The number of methoxy groups -OCH3 is 1. The van der Waals surface area contributed by atoms with Gasteiger partial charge in [-0.05, 0) is 0 Å². The van der Waals surface area contributed by atoms with Crippen molar-refractivity contribution in [2.75, 3.05) is 12.8 Å². The molecule has 0 atom stereocenters. The van der Waals surface area contributed by atoms with E-state index in [2.05, 4.69) is 4.74 Å². The normalized spacial score (nSPS) is 9.92. The Balaban J connectivity index is 3.42. The van der Waals surface area contributed by atoms with Crippen molar-refractivity contribution in [3.63, 3.8) is 0 Å². The lowest BCUT2D eigenvalue weighted by Crippen LogP contribution is -1.96. The van der Waals surface area contributed by atoms with Crippen molar-refractivity contribution < 1.29 is 18.6 Å². The number of phenolic OH excluding ortho intramolecular Hbond substituents is 1. The molecule has 0 unspecified atom stereocenters. The third-order valence-electron chi connectivity index (χ3n) is 1.38. The van der Waals surface area contributed by atoms with Gasteiger partial charge in [-0.3, -0.25) is 0 Å². The molecule has 0 spiro atoms. The summed E-state index contributed by atoms with van der Waals surface area (Å²) in [7, 11) is 1.11. The van der Waals surface area contributed by atoms with Gasteiger partial charge in [0.05, 0.1) is 12.8 Å². The second kappa shape index (κ2) is 2.84. The number of rotatable bonds is 1. The van der Waals surface area contributed by atoms with Crippen LogP contribution >= 0.6 is 0 Å². The van der Waals surface area contributed by atoms with Gasteiger partial charge < -0.3 is 15.6 Å². The van der Waals surface area contributed by atoms with Crippen molar-refractivity contribution in [3.8, 4) is 11.5 Å². The molecule has 0 amide bonds. The zero-order chi connectivity index (χ0) is 9.30. The number of nitrogens with two attached hydrogens (primary N) is 1. The van der Waals surface area contributed by atoms with Gasteiger partial charge >= 0.3 is 0 Å². The molecule has 0 bridgehead atoms. The van der Waals surface area contributed by atoms with Gasteiger partial charge in [0.2, 0.25) is 11.6 Å². The molecule has 0 aromatic heterocycles. The maximum Gasteiger partial charge on any atom is 0.204 e. The Bertz CT molecular complexity index is 289. The number of halogens is 2. The molecule has 0 aliphatic heterocycles. The first-order valence-electron chi connectivity index (χ1n) is 3.08. The highest BCUT2D eigenvalue weighted by Gasteiger charge is 2.16. The van der Waals surface area contributed by atoms with E-state index >= 15 is 0 Å². The first kappa shape index (κ1) is 8.58. The Morgan fingerprint density at radius 2 is 2.08 bits per heavy atom. The number of aromatic hydroxyl groups is 1. The van der Waals surface area contributed by atoms with Crippen LogP contribution in [0.2, 0.25) is 0 Å². The molecular formula is C7H7F2NO2. The van der Waals surface area contributed by atoms with Gasteiger partial charge in [0.25, 0.3) is 0 Å². The van der Waals surface area contributed by atoms with Crippen LogP contribution in [-0.4, -0.2) is 12.2 Å². The van der Waals surface area contributed by atoms with E-state index in [1.165, 1.54) is 0 Å². The summed E-state index contributed by atoms with van der Waals surface area (Å²) in [6.07, 6.45) is 0. The Kier molecular flexibility index (Phi) is 2.03. The molecule has 12 heavy (non-hydrogen) atoms. The summed E-state index contributed by atoms with van der Waals surface area (Å²) in [6.45, 7) is 0. The van der Waals surface area contributed by atoms with E-state index in [-0.39, 0.29) is 5.69 Å². The van der Waals surface area contributed by atoms with Crippen molar-refractivity contribution in [1.82, 2.24) is 0 Å². The summed E-state index contributed by atoms with van der Waals surface area (Å²) in [5.74, 6) is -3.56. The Morgan fingerprint density at radius 1 is 1.50 bits per heavy atom. The average molecular weight is 175 g/mol. The van der Waals surface area contributed by atoms with Crippen molar-refractivity contribution in [3.05, 3.63) is 17.7 Å². The van der Waals surface area contributed by atoms with Crippen LogP contribution < -0.4 is 10.5 Å². The highest BCUT2D eigenvalue weighted by molar-refractivity contribution is 5.60. The molecule has 0 heterocycles. The highest BCUT2D eigenvalue weighted by atomic mass is 19.2. The van der Waals surface area contributed by atoms with Gasteiger partial charge in [-0.1, -0.05) is 0 Å². The number of ether oxygens (including phenoxy) is 1. The number of benzene rings is 1. The van der Waals surface area contributed by atoms with Crippen molar-refractivity contribution in [1.29, 1.82) is 0 Å². The van der Waals surface area contributed by atoms with E-state index in [4.69, 9.17) is 10.8 Å². The van der Waals surface area contributed by atoms with Crippen LogP contribution in [0.25, 0.3) is 0 Å². The van der Waals surface area contributed by atoms with Crippen LogP contribution in [0, 0.1) is 11.6 Å².